The van der Waals surface area contributed by atoms with Crippen LogP contribution in [0.15, 0.2) is 72.9 Å². The molecule has 0 fully saturated rings. The van der Waals surface area contributed by atoms with Gasteiger partial charge in [-0.05, 0) is 64.2 Å². The summed E-state index contributed by atoms with van der Waals surface area (Å²) in [7, 11) is 1.61. The number of quaternary nitrogens is 1. The minimum absolute atomic E-state index is 0.0712. The number of allylic oxidation sites excluding steroid dienone is 12. The molecule has 0 saturated heterocycles. The molecule has 390 valence electrons. The van der Waals surface area contributed by atoms with Crippen LogP contribution in [0.2, 0.25) is 0 Å². The number of hydrogen-bond acceptors (Lipinski definition) is 5. The van der Waals surface area contributed by atoms with Crippen LogP contribution in [0.25, 0.3) is 0 Å². The maximum absolute atomic E-state index is 13.0. The molecule has 0 spiro atoms. The van der Waals surface area contributed by atoms with Gasteiger partial charge in [-0.2, -0.15) is 0 Å². The minimum Gasteiger partial charge on any atom is -0.391 e. The van der Waals surface area contributed by atoms with E-state index in [1.807, 2.05) is 21.1 Å². The van der Waals surface area contributed by atoms with Gasteiger partial charge in [-0.15, -0.1) is 0 Å². The second kappa shape index (κ2) is 48.9. The summed E-state index contributed by atoms with van der Waals surface area (Å²) in [6, 6.07) is -0.767. The Kier molecular flexibility index (Phi) is 47.4. The van der Waals surface area contributed by atoms with E-state index in [2.05, 4.69) is 92.1 Å². The number of nitrogens with zero attached hydrogens (tertiary/aromatic N) is 1. The lowest BCUT2D eigenvalue weighted by atomic mass is 10.0. The number of rotatable bonds is 50. The van der Waals surface area contributed by atoms with E-state index in [4.69, 9.17) is 9.05 Å². The van der Waals surface area contributed by atoms with Gasteiger partial charge in [0.25, 0.3) is 0 Å². The Morgan fingerprint density at radius 3 is 1.31 bits per heavy atom. The highest BCUT2D eigenvalue weighted by atomic mass is 31.2. The minimum atomic E-state index is -4.33. The lowest BCUT2D eigenvalue weighted by molar-refractivity contribution is -0.870. The van der Waals surface area contributed by atoms with Gasteiger partial charge in [-0.25, -0.2) is 4.57 Å². The van der Waals surface area contributed by atoms with Crippen LogP contribution in [-0.2, 0) is 18.4 Å². The summed E-state index contributed by atoms with van der Waals surface area (Å²) in [5.74, 6) is -0.151. The quantitative estimate of drug-likeness (QED) is 0.0243. The van der Waals surface area contributed by atoms with Crippen molar-refractivity contribution in [1.29, 1.82) is 0 Å². The monoisotopic (exact) mass is 960 g/mol. The number of phosphoric ester groups is 1. The fraction of sp³-hybridized carbons (Fsp3) is 0.776. The Balaban J connectivity index is 4.18. The molecule has 0 aliphatic carbocycles. The molecule has 0 radical (unpaired) electrons. The molecule has 0 aromatic rings. The molecule has 0 aromatic heterocycles. The van der Waals surface area contributed by atoms with E-state index in [-0.39, 0.29) is 19.1 Å². The van der Waals surface area contributed by atoms with Gasteiger partial charge in [0.05, 0.1) is 39.9 Å². The Bertz CT molecular complexity index is 1320. The summed E-state index contributed by atoms with van der Waals surface area (Å²) < 4.78 is 23.7. The molecule has 1 amide bonds. The molecule has 0 saturated carbocycles. The number of hydrogen-bond donors (Lipinski definition) is 3. The predicted molar refractivity (Wildman–Crippen MR) is 290 cm³/mol. The second-order valence-electron chi connectivity index (χ2n) is 19.9. The Labute approximate surface area is 414 Å². The molecule has 9 heteroatoms. The molecule has 0 heterocycles. The maximum atomic E-state index is 13.0. The van der Waals surface area contributed by atoms with E-state index in [0.717, 1.165) is 77.0 Å². The zero-order valence-electron chi connectivity index (χ0n) is 44.4. The van der Waals surface area contributed by atoms with Gasteiger partial charge in [0.1, 0.15) is 13.2 Å². The van der Waals surface area contributed by atoms with Crippen LogP contribution < -0.4 is 5.32 Å². The van der Waals surface area contributed by atoms with E-state index >= 15 is 0 Å². The average molecular weight is 960 g/mol. The van der Waals surface area contributed by atoms with Gasteiger partial charge in [-0.3, -0.25) is 13.8 Å². The average Bonchev–Trinajstić information content (AvgIpc) is 3.29. The van der Waals surface area contributed by atoms with Crippen molar-refractivity contribution in [3.05, 3.63) is 72.9 Å². The summed E-state index contributed by atoms with van der Waals surface area (Å²) >= 11 is 0. The van der Waals surface area contributed by atoms with Crippen molar-refractivity contribution in [3.8, 4) is 0 Å². The summed E-state index contributed by atoms with van der Waals surface area (Å²) in [6.45, 7) is 4.78. The molecule has 3 atom stereocenters. The lowest BCUT2D eigenvalue weighted by Crippen LogP contribution is -2.46. The Hall–Kier alpha value is -2.06. The fourth-order valence-corrected chi connectivity index (χ4v) is 8.61. The van der Waals surface area contributed by atoms with Gasteiger partial charge < -0.3 is 19.8 Å². The first-order valence-electron chi connectivity index (χ1n) is 27.8. The third-order valence-corrected chi connectivity index (χ3v) is 13.2. The normalized spacial score (nSPS) is 14.6. The fourth-order valence-electron chi connectivity index (χ4n) is 7.87. The number of aliphatic hydroxyl groups excluding tert-OH is 1. The van der Waals surface area contributed by atoms with Crippen LogP contribution in [0.4, 0.5) is 0 Å². The molecular weight excluding hydrogens is 852 g/mol. The SMILES string of the molecule is CC/C=C\C/C=C\C/C=C\C/C=C\C/C=C\C/C=C\CCCCCCCCCCCCC(=O)NC(COP(=O)(O)OCC[N+](C)(C)C)C(O)CCCCCCCCCCCCCCCCCC. The number of nitrogens with one attached hydrogen (secondary N) is 1. The Morgan fingerprint density at radius 2 is 0.896 bits per heavy atom. The number of phosphoric acid groups is 1. The van der Waals surface area contributed by atoms with Crippen LogP contribution in [0.1, 0.15) is 239 Å². The van der Waals surface area contributed by atoms with Crippen molar-refractivity contribution >= 4 is 13.7 Å². The van der Waals surface area contributed by atoms with Gasteiger partial charge >= 0.3 is 7.82 Å². The first-order valence-corrected chi connectivity index (χ1v) is 29.3. The van der Waals surface area contributed by atoms with Gasteiger partial charge in [0, 0.05) is 6.42 Å². The molecule has 0 aliphatic heterocycles. The highest BCUT2D eigenvalue weighted by Gasteiger charge is 2.28. The summed E-state index contributed by atoms with van der Waals surface area (Å²) in [6.07, 6.45) is 66.6. The number of likely N-dealkylation sites (N-methyl/N-ethyl adjacent to an activating group) is 1. The van der Waals surface area contributed by atoms with Crippen LogP contribution in [0.3, 0.4) is 0 Å². The van der Waals surface area contributed by atoms with Crippen molar-refractivity contribution < 1.29 is 32.9 Å². The largest absolute Gasteiger partial charge is 0.472 e. The third kappa shape index (κ3) is 51.6. The standard InChI is InChI=1S/C58H107N2O6P/c1-6-8-10-12-14-16-18-20-22-24-25-26-27-28-29-30-31-32-33-34-35-36-38-40-42-44-46-48-50-52-58(62)59-56(55-66-67(63,64)65-54-53-60(3,4)5)57(61)51-49-47-45-43-41-39-37-23-21-19-17-15-13-11-9-7-2/h8,10,14,16,20,22,25-26,28-29,31-32,56-57,61H,6-7,9,11-13,15,17-19,21,23-24,27,30,33-55H2,1-5H3,(H-,59,62,63,64)/p+1/b10-8-,16-14-,22-20-,26-25-,29-28-,32-31-. The molecule has 0 bridgehead atoms. The van der Waals surface area contributed by atoms with Crippen molar-refractivity contribution in [1.82, 2.24) is 5.32 Å². The lowest BCUT2D eigenvalue weighted by Gasteiger charge is -2.26. The zero-order valence-corrected chi connectivity index (χ0v) is 45.3. The second-order valence-corrected chi connectivity index (χ2v) is 21.4. The maximum Gasteiger partial charge on any atom is 0.472 e. The first-order chi connectivity index (χ1) is 32.5. The van der Waals surface area contributed by atoms with Gasteiger partial charge in [-0.1, -0.05) is 241 Å². The van der Waals surface area contributed by atoms with Crippen molar-refractivity contribution in [2.75, 3.05) is 40.9 Å². The molecule has 3 unspecified atom stereocenters. The highest BCUT2D eigenvalue weighted by molar-refractivity contribution is 7.47. The van der Waals surface area contributed by atoms with Crippen molar-refractivity contribution in [2.24, 2.45) is 0 Å². The summed E-state index contributed by atoms with van der Waals surface area (Å²) in [5, 5.41) is 14.0. The first kappa shape index (κ1) is 64.9. The molecular formula is C58H108N2O6P+. The zero-order chi connectivity index (χ0) is 49.2. The third-order valence-electron chi connectivity index (χ3n) is 12.2. The molecule has 0 aliphatic rings. The van der Waals surface area contributed by atoms with Crippen LogP contribution in [0.5, 0.6) is 0 Å². The smallest absolute Gasteiger partial charge is 0.391 e. The number of unbranched alkanes of at least 4 members (excludes halogenated alkanes) is 25. The molecule has 67 heavy (non-hydrogen) atoms. The van der Waals surface area contributed by atoms with Crippen molar-refractivity contribution in [2.45, 2.75) is 251 Å². The van der Waals surface area contributed by atoms with E-state index in [0.29, 0.717) is 23.9 Å². The highest BCUT2D eigenvalue weighted by Crippen LogP contribution is 2.43. The van der Waals surface area contributed by atoms with E-state index in [1.165, 1.54) is 135 Å². The number of amides is 1. The van der Waals surface area contributed by atoms with Crippen LogP contribution >= 0.6 is 7.82 Å². The molecule has 3 N–H and O–H groups in total. The molecule has 0 aromatic carbocycles. The number of carbonyl (C=O) groups excluding carboxylic acids is 1. The van der Waals surface area contributed by atoms with E-state index in [9.17, 15) is 19.4 Å². The van der Waals surface area contributed by atoms with E-state index < -0.39 is 20.0 Å². The number of carbonyl (C=O) groups is 1. The van der Waals surface area contributed by atoms with E-state index in [1.54, 1.807) is 0 Å². The summed E-state index contributed by atoms with van der Waals surface area (Å²) in [4.78, 5) is 23.3. The van der Waals surface area contributed by atoms with Gasteiger partial charge in [0.2, 0.25) is 5.91 Å². The van der Waals surface area contributed by atoms with Gasteiger partial charge in [0.15, 0.2) is 0 Å². The molecule has 0 rings (SSSR count). The van der Waals surface area contributed by atoms with Crippen LogP contribution in [0, 0.1) is 0 Å². The summed E-state index contributed by atoms with van der Waals surface area (Å²) in [5.41, 5.74) is 0. The van der Waals surface area contributed by atoms with Crippen molar-refractivity contribution in [3.63, 3.8) is 0 Å². The predicted octanol–water partition coefficient (Wildman–Crippen LogP) is 16.7. The topological polar surface area (TPSA) is 105 Å². The Morgan fingerprint density at radius 1 is 0.522 bits per heavy atom. The van der Waals surface area contributed by atoms with Crippen LogP contribution in [-0.4, -0.2) is 73.4 Å². The molecule has 8 nitrogen and oxygen atoms in total. The number of aliphatic hydroxyl groups is 1.